The van der Waals surface area contributed by atoms with Crippen LogP contribution in [0.4, 0.5) is 23.4 Å². The highest BCUT2D eigenvalue weighted by atomic mass is 35.5. The van der Waals surface area contributed by atoms with Crippen molar-refractivity contribution in [3.05, 3.63) is 53.1 Å². The van der Waals surface area contributed by atoms with Crippen LogP contribution in [0.3, 0.4) is 0 Å². The summed E-state index contributed by atoms with van der Waals surface area (Å²) < 4.78 is 82.0. The van der Waals surface area contributed by atoms with Gasteiger partial charge in [-0.05, 0) is 31.2 Å². The molecule has 0 aliphatic carbocycles. The minimum atomic E-state index is -4.23. The zero-order valence-electron chi connectivity index (χ0n) is 15.6. The Balaban J connectivity index is 1.95. The zero-order chi connectivity index (χ0) is 21.8. The summed E-state index contributed by atoms with van der Waals surface area (Å²) >= 11 is 6.22. The number of benzene rings is 2. The molecule has 5 nitrogen and oxygen atoms in total. The van der Waals surface area contributed by atoms with E-state index < -0.39 is 41.4 Å². The first-order valence-corrected chi connectivity index (χ1v) is 10.8. The van der Waals surface area contributed by atoms with E-state index in [2.05, 4.69) is 5.10 Å². The van der Waals surface area contributed by atoms with Gasteiger partial charge in [-0.3, -0.25) is 0 Å². The average Bonchev–Trinajstić information content (AvgIpc) is 3.21. The molecule has 0 amide bonds. The first-order valence-electron chi connectivity index (χ1n) is 8.93. The molecule has 1 fully saturated rings. The smallest absolute Gasteiger partial charge is 0.283 e. The van der Waals surface area contributed by atoms with Crippen molar-refractivity contribution >= 4 is 38.3 Å². The Morgan fingerprint density at radius 1 is 1.17 bits per heavy atom. The maximum absolute atomic E-state index is 14.0. The number of nitrogens with zero attached hydrogens (tertiary/aromatic N) is 3. The highest BCUT2D eigenvalue weighted by molar-refractivity contribution is 7.90. The third kappa shape index (κ3) is 3.41. The zero-order valence-corrected chi connectivity index (χ0v) is 17.1. The van der Waals surface area contributed by atoms with E-state index in [0.717, 1.165) is 10.5 Å². The van der Waals surface area contributed by atoms with Crippen molar-refractivity contribution in [2.45, 2.75) is 36.6 Å². The van der Waals surface area contributed by atoms with Gasteiger partial charge < -0.3 is 4.90 Å². The first-order chi connectivity index (χ1) is 14.0. The number of hydrogen-bond donors (Lipinski definition) is 0. The number of hydrogen-bond acceptors (Lipinski definition) is 4. The van der Waals surface area contributed by atoms with E-state index in [1.807, 2.05) is 0 Å². The summed E-state index contributed by atoms with van der Waals surface area (Å²) in [5, 5.41) is 4.05. The Morgan fingerprint density at radius 2 is 1.83 bits per heavy atom. The number of alkyl halides is 4. The second-order valence-electron chi connectivity index (χ2n) is 7.21. The van der Waals surface area contributed by atoms with E-state index in [0.29, 0.717) is 4.09 Å². The Morgan fingerprint density at radius 3 is 2.47 bits per heavy atom. The molecular formula is C19H16ClF4N3O2S. The Kier molecular flexibility index (Phi) is 4.97. The SMILES string of the molecule is Cc1ccc(S(=O)(=O)n2nc(N3CC(F)(F)C[C@H]3C(F)F)c3c(Cl)cccc32)cc1. The average molecular weight is 462 g/mol. The molecule has 1 aliphatic heterocycles. The molecule has 0 radical (unpaired) electrons. The van der Waals surface area contributed by atoms with Crippen LogP contribution >= 0.6 is 11.6 Å². The molecule has 11 heteroatoms. The van der Waals surface area contributed by atoms with Crippen molar-refractivity contribution in [2.75, 3.05) is 11.4 Å². The molecule has 0 unspecified atom stereocenters. The van der Waals surface area contributed by atoms with Crippen molar-refractivity contribution in [3.63, 3.8) is 0 Å². The number of rotatable bonds is 4. The van der Waals surface area contributed by atoms with Gasteiger partial charge in [0.1, 0.15) is 0 Å². The second kappa shape index (κ2) is 7.12. The molecular weight excluding hydrogens is 446 g/mol. The van der Waals surface area contributed by atoms with Gasteiger partial charge in [-0.2, -0.15) is 12.5 Å². The predicted octanol–water partition coefficient (Wildman–Crippen LogP) is 4.71. The molecule has 0 saturated carbocycles. The topological polar surface area (TPSA) is 55.2 Å². The minimum Gasteiger partial charge on any atom is -0.340 e. The Bertz CT molecular complexity index is 1210. The number of anilines is 1. The minimum absolute atomic E-state index is 0.0151. The molecule has 2 heterocycles. The fraction of sp³-hybridized carbons (Fsp3) is 0.316. The van der Waals surface area contributed by atoms with Crippen LogP contribution in [-0.4, -0.2) is 42.5 Å². The van der Waals surface area contributed by atoms with Gasteiger partial charge in [0.05, 0.1) is 33.4 Å². The lowest BCUT2D eigenvalue weighted by Crippen LogP contribution is -2.36. The molecule has 0 bridgehead atoms. The maximum Gasteiger partial charge on any atom is 0.283 e. The highest BCUT2D eigenvalue weighted by Gasteiger charge is 2.50. The molecule has 30 heavy (non-hydrogen) atoms. The third-order valence-electron chi connectivity index (χ3n) is 5.03. The Labute approximate surface area is 174 Å². The van der Waals surface area contributed by atoms with E-state index in [9.17, 15) is 26.0 Å². The molecule has 3 aromatic rings. The molecule has 1 atom stereocenters. The van der Waals surface area contributed by atoms with Gasteiger partial charge in [0.25, 0.3) is 22.4 Å². The van der Waals surface area contributed by atoms with E-state index in [1.165, 1.54) is 30.3 Å². The van der Waals surface area contributed by atoms with Gasteiger partial charge in [-0.25, -0.2) is 17.6 Å². The fourth-order valence-corrected chi connectivity index (χ4v) is 5.11. The summed E-state index contributed by atoms with van der Waals surface area (Å²) in [7, 11) is -4.23. The van der Waals surface area contributed by atoms with E-state index in [4.69, 9.17) is 11.6 Å². The molecule has 1 saturated heterocycles. The standard InChI is InChI=1S/C19H16ClF4N3O2S/c1-11-5-7-12(8-6-11)30(28,29)27-14-4-2-3-13(20)16(14)18(25-27)26-10-19(23,24)9-15(26)17(21)22/h2-8,15,17H,9-10H2,1H3/t15-/m0/s1. The number of halogens is 5. The van der Waals surface area contributed by atoms with Crippen LogP contribution in [0, 0.1) is 6.92 Å². The summed E-state index contributed by atoms with van der Waals surface area (Å²) in [4.78, 5) is 0.668. The summed E-state index contributed by atoms with van der Waals surface area (Å²) in [6, 6.07) is 8.44. The van der Waals surface area contributed by atoms with Crippen LogP contribution in [0.15, 0.2) is 47.4 Å². The molecule has 4 rings (SSSR count). The number of fused-ring (bicyclic) bond motifs is 1. The van der Waals surface area contributed by atoms with Crippen LogP contribution in [0.1, 0.15) is 12.0 Å². The lowest BCUT2D eigenvalue weighted by Gasteiger charge is -2.23. The predicted molar refractivity (Wildman–Crippen MR) is 105 cm³/mol. The van der Waals surface area contributed by atoms with Gasteiger partial charge in [-0.1, -0.05) is 35.4 Å². The van der Waals surface area contributed by atoms with Crippen molar-refractivity contribution in [2.24, 2.45) is 0 Å². The monoisotopic (exact) mass is 461 g/mol. The summed E-state index contributed by atoms with van der Waals surface area (Å²) in [5.41, 5.74) is 0.850. The van der Waals surface area contributed by atoms with Crippen LogP contribution in [0.2, 0.25) is 5.02 Å². The Hall–Kier alpha value is -2.33. The summed E-state index contributed by atoms with van der Waals surface area (Å²) in [5.74, 6) is -3.68. The summed E-state index contributed by atoms with van der Waals surface area (Å²) in [6.45, 7) is 0.777. The van der Waals surface area contributed by atoms with E-state index in [1.54, 1.807) is 19.1 Å². The largest absolute Gasteiger partial charge is 0.340 e. The number of aromatic nitrogens is 2. The second-order valence-corrected chi connectivity index (χ2v) is 9.38. The first kappa shape index (κ1) is 20.9. The molecule has 1 aromatic heterocycles. The van der Waals surface area contributed by atoms with Crippen LogP contribution in [0.25, 0.3) is 10.9 Å². The van der Waals surface area contributed by atoms with Crippen LogP contribution in [0.5, 0.6) is 0 Å². The lowest BCUT2D eigenvalue weighted by molar-refractivity contribution is 0.0111. The molecule has 0 spiro atoms. The maximum atomic E-state index is 14.0. The van der Waals surface area contributed by atoms with Gasteiger partial charge in [0, 0.05) is 6.42 Å². The van der Waals surface area contributed by atoms with Crippen molar-refractivity contribution in [1.82, 2.24) is 9.19 Å². The normalized spacial score (nSPS) is 19.2. The third-order valence-corrected chi connectivity index (χ3v) is 6.94. The quantitative estimate of drug-likeness (QED) is 0.528. The van der Waals surface area contributed by atoms with Crippen molar-refractivity contribution < 1.29 is 26.0 Å². The van der Waals surface area contributed by atoms with Crippen LogP contribution in [-0.2, 0) is 10.0 Å². The van der Waals surface area contributed by atoms with Crippen molar-refractivity contribution in [1.29, 1.82) is 0 Å². The van der Waals surface area contributed by atoms with Gasteiger partial charge >= 0.3 is 0 Å². The van der Waals surface area contributed by atoms with Crippen molar-refractivity contribution in [3.8, 4) is 0 Å². The molecule has 2 aromatic carbocycles. The van der Waals surface area contributed by atoms with E-state index >= 15 is 0 Å². The highest BCUT2D eigenvalue weighted by Crippen LogP contribution is 2.42. The number of aryl methyl sites for hydroxylation is 1. The molecule has 0 N–H and O–H groups in total. The van der Waals surface area contributed by atoms with Gasteiger partial charge in [0.15, 0.2) is 5.82 Å². The summed E-state index contributed by atoms with van der Waals surface area (Å²) in [6.07, 6.45) is -4.14. The molecule has 160 valence electrons. The lowest BCUT2D eigenvalue weighted by atomic mass is 10.2. The van der Waals surface area contributed by atoms with Crippen LogP contribution < -0.4 is 4.90 Å². The van der Waals surface area contributed by atoms with Gasteiger partial charge in [0.2, 0.25) is 0 Å². The van der Waals surface area contributed by atoms with E-state index in [-0.39, 0.29) is 26.6 Å². The van der Waals surface area contributed by atoms with Gasteiger partial charge in [-0.15, -0.1) is 5.10 Å². The fourth-order valence-electron chi connectivity index (χ4n) is 3.58. The molecule has 1 aliphatic rings.